The van der Waals surface area contributed by atoms with Crippen LogP contribution in [0.25, 0.3) is 21.7 Å². The minimum atomic E-state index is 0.612. The van der Waals surface area contributed by atoms with Crippen LogP contribution >= 0.6 is 11.3 Å². The maximum Gasteiger partial charge on any atom is 0.224 e. The van der Waals surface area contributed by atoms with Gasteiger partial charge in [0.25, 0.3) is 0 Å². The first-order valence-electron chi connectivity index (χ1n) is 6.97. The number of rotatable bonds is 4. The van der Waals surface area contributed by atoms with Crippen LogP contribution < -0.4 is 5.32 Å². The number of benzene rings is 1. The van der Waals surface area contributed by atoms with E-state index in [-0.39, 0.29) is 0 Å². The van der Waals surface area contributed by atoms with Crippen LogP contribution in [-0.2, 0) is 6.54 Å². The Hall–Kier alpha value is -2.66. The Balaban J connectivity index is 1.69. The molecular formula is C17H13N3OS. The summed E-state index contributed by atoms with van der Waals surface area (Å²) in [5.74, 6) is 1.37. The van der Waals surface area contributed by atoms with Crippen molar-refractivity contribution < 1.29 is 4.42 Å². The van der Waals surface area contributed by atoms with Gasteiger partial charge in [0.15, 0.2) is 5.76 Å². The third kappa shape index (κ3) is 2.46. The van der Waals surface area contributed by atoms with Crippen molar-refractivity contribution >= 4 is 27.5 Å². The van der Waals surface area contributed by atoms with Gasteiger partial charge in [0.2, 0.25) is 5.95 Å². The third-order valence-corrected chi connectivity index (χ3v) is 4.26. The fourth-order valence-electron chi connectivity index (χ4n) is 2.30. The second kappa shape index (κ2) is 5.61. The van der Waals surface area contributed by atoms with Gasteiger partial charge in [0.05, 0.1) is 16.5 Å². The molecule has 4 rings (SSSR count). The van der Waals surface area contributed by atoms with Crippen molar-refractivity contribution in [3.63, 3.8) is 0 Å². The molecule has 108 valence electrons. The van der Waals surface area contributed by atoms with Crippen molar-refractivity contribution in [3.05, 3.63) is 65.7 Å². The van der Waals surface area contributed by atoms with Gasteiger partial charge in [-0.2, -0.15) is 0 Å². The summed E-state index contributed by atoms with van der Waals surface area (Å²) >= 11 is 1.62. The van der Waals surface area contributed by atoms with E-state index in [0.29, 0.717) is 12.5 Å². The Labute approximate surface area is 131 Å². The van der Waals surface area contributed by atoms with E-state index in [2.05, 4.69) is 27.4 Å². The van der Waals surface area contributed by atoms with Gasteiger partial charge in [-0.25, -0.2) is 9.97 Å². The van der Waals surface area contributed by atoms with Gasteiger partial charge in [0.1, 0.15) is 5.69 Å². The number of nitrogens with one attached hydrogen (secondary N) is 1. The normalized spacial score (nSPS) is 10.9. The Morgan fingerprint density at radius 2 is 1.91 bits per heavy atom. The molecule has 0 unspecified atom stereocenters. The van der Waals surface area contributed by atoms with E-state index in [9.17, 15) is 0 Å². The van der Waals surface area contributed by atoms with Crippen LogP contribution in [0.5, 0.6) is 0 Å². The summed E-state index contributed by atoms with van der Waals surface area (Å²) in [6.45, 7) is 0.689. The molecule has 1 aromatic carbocycles. The second-order valence-corrected chi connectivity index (χ2v) is 5.76. The largest absolute Gasteiger partial charge is 0.463 e. The van der Waals surface area contributed by atoms with Crippen molar-refractivity contribution in [2.75, 3.05) is 5.32 Å². The summed E-state index contributed by atoms with van der Waals surface area (Å²) in [5.41, 5.74) is 2.96. The molecule has 0 aliphatic carbocycles. The molecule has 0 saturated carbocycles. The molecule has 0 atom stereocenters. The quantitative estimate of drug-likeness (QED) is 0.600. The number of hydrogen-bond acceptors (Lipinski definition) is 5. The highest BCUT2D eigenvalue weighted by Crippen LogP contribution is 2.31. The maximum absolute atomic E-state index is 5.50. The number of anilines is 1. The highest BCUT2D eigenvalue weighted by Gasteiger charge is 2.12. The predicted octanol–water partition coefficient (Wildman–Crippen LogP) is 4.56. The SMILES string of the molecule is c1ccc(CNc2nc(-c3ccco3)c3sccc3n2)cc1. The van der Waals surface area contributed by atoms with Crippen LogP contribution in [-0.4, -0.2) is 9.97 Å². The Morgan fingerprint density at radius 1 is 1.00 bits per heavy atom. The molecule has 1 N–H and O–H groups in total. The molecule has 4 nitrogen and oxygen atoms in total. The zero-order valence-electron chi connectivity index (χ0n) is 11.7. The van der Waals surface area contributed by atoms with Gasteiger partial charge >= 0.3 is 0 Å². The standard InChI is InChI=1S/C17H13N3OS/c1-2-5-12(6-3-1)11-18-17-19-13-8-10-22-16(13)15(20-17)14-7-4-9-21-14/h1-10H,11H2,(H,18,19,20). The molecule has 0 spiro atoms. The van der Waals surface area contributed by atoms with Crippen molar-refractivity contribution in [1.29, 1.82) is 0 Å². The van der Waals surface area contributed by atoms with Crippen molar-refractivity contribution in [3.8, 4) is 11.5 Å². The molecular weight excluding hydrogens is 294 g/mol. The Kier molecular flexibility index (Phi) is 3.33. The molecule has 0 bridgehead atoms. The second-order valence-electron chi connectivity index (χ2n) is 4.85. The monoisotopic (exact) mass is 307 g/mol. The Morgan fingerprint density at radius 3 is 2.73 bits per heavy atom. The Bertz CT molecular complexity index is 885. The van der Waals surface area contributed by atoms with Crippen molar-refractivity contribution in [2.45, 2.75) is 6.54 Å². The summed E-state index contributed by atoms with van der Waals surface area (Å²) in [4.78, 5) is 9.19. The average molecular weight is 307 g/mol. The molecule has 0 saturated heterocycles. The van der Waals surface area contributed by atoms with Crippen LogP contribution in [0.4, 0.5) is 5.95 Å². The predicted molar refractivity (Wildman–Crippen MR) is 88.9 cm³/mol. The average Bonchev–Trinajstić information content (AvgIpc) is 3.24. The molecule has 22 heavy (non-hydrogen) atoms. The molecule has 3 heterocycles. The molecule has 3 aromatic heterocycles. The number of furan rings is 1. The molecule has 0 aliphatic heterocycles. The fourth-order valence-corrected chi connectivity index (χ4v) is 3.13. The lowest BCUT2D eigenvalue weighted by atomic mass is 10.2. The first-order chi connectivity index (χ1) is 10.9. The van der Waals surface area contributed by atoms with Crippen LogP contribution in [0.1, 0.15) is 5.56 Å². The molecule has 0 fully saturated rings. The topological polar surface area (TPSA) is 51.0 Å². The van der Waals surface area contributed by atoms with Gasteiger partial charge < -0.3 is 9.73 Å². The van der Waals surface area contributed by atoms with E-state index in [0.717, 1.165) is 21.7 Å². The number of aromatic nitrogens is 2. The zero-order chi connectivity index (χ0) is 14.8. The van der Waals surface area contributed by atoms with Gasteiger partial charge in [-0.1, -0.05) is 30.3 Å². The van der Waals surface area contributed by atoms with E-state index in [1.165, 1.54) is 5.56 Å². The summed E-state index contributed by atoms with van der Waals surface area (Å²) in [5, 5.41) is 5.31. The first kappa shape index (κ1) is 13.0. The van der Waals surface area contributed by atoms with Gasteiger partial charge in [-0.3, -0.25) is 0 Å². The lowest BCUT2D eigenvalue weighted by Gasteiger charge is -2.07. The van der Waals surface area contributed by atoms with Gasteiger partial charge in [0, 0.05) is 6.54 Å². The van der Waals surface area contributed by atoms with E-state index in [1.807, 2.05) is 41.8 Å². The first-order valence-corrected chi connectivity index (χ1v) is 7.85. The van der Waals surface area contributed by atoms with Crippen molar-refractivity contribution in [2.24, 2.45) is 0 Å². The highest BCUT2D eigenvalue weighted by molar-refractivity contribution is 7.17. The smallest absolute Gasteiger partial charge is 0.224 e. The lowest BCUT2D eigenvalue weighted by Crippen LogP contribution is -2.04. The molecule has 0 radical (unpaired) electrons. The number of thiophene rings is 1. The third-order valence-electron chi connectivity index (χ3n) is 3.35. The highest BCUT2D eigenvalue weighted by atomic mass is 32.1. The van der Waals surface area contributed by atoms with Gasteiger partial charge in [-0.05, 0) is 29.1 Å². The van der Waals surface area contributed by atoms with E-state index in [4.69, 9.17) is 4.42 Å². The van der Waals surface area contributed by atoms with Crippen LogP contribution in [0.3, 0.4) is 0 Å². The minimum absolute atomic E-state index is 0.612. The van der Waals surface area contributed by atoms with Crippen molar-refractivity contribution in [1.82, 2.24) is 9.97 Å². The number of nitrogens with zero attached hydrogens (tertiary/aromatic N) is 2. The fraction of sp³-hybridized carbons (Fsp3) is 0.0588. The van der Waals surface area contributed by atoms with E-state index >= 15 is 0 Å². The summed E-state index contributed by atoms with van der Waals surface area (Å²) in [7, 11) is 0. The number of fused-ring (bicyclic) bond motifs is 1. The summed E-state index contributed by atoms with van der Waals surface area (Å²) in [6, 6.07) is 16.0. The van der Waals surface area contributed by atoms with E-state index in [1.54, 1.807) is 17.6 Å². The van der Waals surface area contributed by atoms with Gasteiger partial charge in [-0.15, -0.1) is 11.3 Å². The van der Waals surface area contributed by atoms with E-state index < -0.39 is 0 Å². The molecule has 0 aliphatic rings. The van der Waals surface area contributed by atoms with Crippen LogP contribution in [0.2, 0.25) is 0 Å². The summed E-state index contributed by atoms with van der Waals surface area (Å²) in [6.07, 6.45) is 1.66. The lowest BCUT2D eigenvalue weighted by molar-refractivity contribution is 0.581. The number of hydrogen-bond donors (Lipinski definition) is 1. The molecule has 4 aromatic rings. The minimum Gasteiger partial charge on any atom is -0.463 e. The zero-order valence-corrected chi connectivity index (χ0v) is 12.5. The molecule has 5 heteroatoms. The van der Waals surface area contributed by atoms with Crippen LogP contribution in [0.15, 0.2) is 64.6 Å². The molecule has 0 amide bonds. The maximum atomic E-state index is 5.50. The van der Waals surface area contributed by atoms with Crippen LogP contribution in [0, 0.1) is 0 Å². The summed E-state index contributed by atoms with van der Waals surface area (Å²) < 4.78 is 6.55.